The highest BCUT2D eigenvalue weighted by Gasteiger charge is 2.17. The second-order valence-corrected chi connectivity index (χ2v) is 13.6. The maximum atomic E-state index is 6.47. The minimum absolute atomic E-state index is 0.620. The Labute approximate surface area is 319 Å². The van der Waals surface area contributed by atoms with Gasteiger partial charge in [-0.2, -0.15) is 0 Å². The van der Waals surface area contributed by atoms with Gasteiger partial charge in [0.1, 0.15) is 11.2 Å². The van der Waals surface area contributed by atoms with E-state index >= 15 is 0 Å². The molecule has 10 aromatic rings. The van der Waals surface area contributed by atoms with E-state index in [1.807, 2.05) is 66.7 Å². The summed E-state index contributed by atoms with van der Waals surface area (Å²) in [7, 11) is 0. The summed E-state index contributed by atoms with van der Waals surface area (Å²) in [5.74, 6) is 1.89. The van der Waals surface area contributed by atoms with Crippen LogP contribution in [0, 0.1) is 0 Å². The lowest BCUT2D eigenvalue weighted by atomic mass is 9.92. The summed E-state index contributed by atoms with van der Waals surface area (Å²) in [6.07, 6.45) is 0. The van der Waals surface area contributed by atoms with E-state index in [2.05, 4.69) is 133 Å². The van der Waals surface area contributed by atoms with Gasteiger partial charge in [-0.25, -0.2) is 15.0 Å². The number of furan rings is 1. The third kappa shape index (κ3) is 6.16. The van der Waals surface area contributed by atoms with Crippen LogP contribution >= 0.6 is 0 Å². The molecule has 0 spiro atoms. The van der Waals surface area contributed by atoms with E-state index in [4.69, 9.17) is 19.4 Å². The number of hydrogen-bond donors (Lipinski definition) is 0. The normalized spacial score (nSPS) is 11.3. The lowest BCUT2D eigenvalue weighted by molar-refractivity contribution is 0.669. The molecule has 0 aliphatic rings. The Balaban J connectivity index is 1.07. The van der Waals surface area contributed by atoms with Crippen LogP contribution in [0.4, 0.5) is 0 Å². The van der Waals surface area contributed by atoms with Crippen LogP contribution in [-0.4, -0.2) is 15.0 Å². The van der Waals surface area contributed by atoms with Crippen molar-refractivity contribution in [3.8, 4) is 78.7 Å². The van der Waals surface area contributed by atoms with Gasteiger partial charge in [0.05, 0.1) is 0 Å². The lowest BCUT2D eigenvalue weighted by Gasteiger charge is -2.12. The minimum Gasteiger partial charge on any atom is -0.456 e. The molecular formula is C51H33N3O. The van der Waals surface area contributed by atoms with Gasteiger partial charge in [-0.1, -0.05) is 170 Å². The fourth-order valence-corrected chi connectivity index (χ4v) is 7.48. The van der Waals surface area contributed by atoms with Crippen molar-refractivity contribution in [2.75, 3.05) is 0 Å². The van der Waals surface area contributed by atoms with Crippen molar-refractivity contribution in [2.45, 2.75) is 0 Å². The average molecular weight is 704 g/mol. The number of hydrogen-bond acceptors (Lipinski definition) is 4. The fourth-order valence-electron chi connectivity index (χ4n) is 7.48. The van der Waals surface area contributed by atoms with Gasteiger partial charge in [-0.3, -0.25) is 0 Å². The van der Waals surface area contributed by atoms with Crippen LogP contribution in [0.15, 0.2) is 205 Å². The fraction of sp³-hybridized carbons (Fsp3) is 0. The van der Waals surface area contributed by atoms with Crippen molar-refractivity contribution in [3.63, 3.8) is 0 Å². The van der Waals surface area contributed by atoms with Crippen LogP contribution in [0.5, 0.6) is 0 Å². The zero-order chi connectivity index (χ0) is 36.6. The van der Waals surface area contributed by atoms with Crippen molar-refractivity contribution >= 4 is 21.9 Å². The van der Waals surface area contributed by atoms with Gasteiger partial charge in [0.15, 0.2) is 17.5 Å². The summed E-state index contributed by atoms with van der Waals surface area (Å²) in [4.78, 5) is 14.9. The second-order valence-electron chi connectivity index (χ2n) is 13.6. The molecule has 4 heteroatoms. The zero-order valence-corrected chi connectivity index (χ0v) is 29.8. The monoisotopic (exact) mass is 703 g/mol. The molecule has 0 aliphatic carbocycles. The summed E-state index contributed by atoms with van der Waals surface area (Å²) < 4.78 is 6.47. The van der Waals surface area contributed by atoms with Gasteiger partial charge in [0.2, 0.25) is 0 Å². The highest BCUT2D eigenvalue weighted by molar-refractivity contribution is 6.13. The van der Waals surface area contributed by atoms with Crippen molar-refractivity contribution in [3.05, 3.63) is 200 Å². The first-order valence-electron chi connectivity index (χ1n) is 18.4. The molecule has 0 radical (unpaired) electrons. The number of rotatable bonds is 7. The SMILES string of the molecule is c1ccc(-c2nc(-c3ccccc3)nc(-c3cccc(-c4cccc5oc6ccc(-c7cccc(-c8ccccc8-c8ccccc8)c7)cc6c45)c3)n2)cc1. The minimum atomic E-state index is 0.620. The van der Waals surface area contributed by atoms with Crippen molar-refractivity contribution in [1.82, 2.24) is 15.0 Å². The smallest absolute Gasteiger partial charge is 0.164 e. The van der Waals surface area contributed by atoms with Crippen molar-refractivity contribution in [2.24, 2.45) is 0 Å². The molecule has 0 aliphatic heterocycles. The first-order chi connectivity index (χ1) is 27.2. The van der Waals surface area contributed by atoms with E-state index in [1.165, 1.54) is 22.3 Å². The molecule has 8 aromatic carbocycles. The molecule has 0 saturated carbocycles. The molecule has 0 bridgehead atoms. The Hall–Kier alpha value is -7.43. The summed E-state index contributed by atoms with van der Waals surface area (Å²) in [5.41, 5.74) is 13.7. The Morgan fingerprint density at radius 3 is 1.36 bits per heavy atom. The topological polar surface area (TPSA) is 51.8 Å². The molecule has 0 saturated heterocycles. The van der Waals surface area contributed by atoms with E-state index in [1.54, 1.807) is 0 Å². The van der Waals surface area contributed by atoms with E-state index in [-0.39, 0.29) is 0 Å². The van der Waals surface area contributed by atoms with Gasteiger partial charge >= 0.3 is 0 Å². The molecular weight excluding hydrogens is 671 g/mol. The number of nitrogens with zero attached hydrogens (tertiary/aromatic N) is 3. The van der Waals surface area contributed by atoms with Crippen LogP contribution in [0.25, 0.3) is 101 Å². The molecule has 0 unspecified atom stereocenters. The molecule has 0 amide bonds. The van der Waals surface area contributed by atoms with Crippen LogP contribution in [0.2, 0.25) is 0 Å². The lowest BCUT2D eigenvalue weighted by Crippen LogP contribution is -2.00. The molecule has 55 heavy (non-hydrogen) atoms. The predicted octanol–water partition coefficient (Wildman–Crippen LogP) is 13.4. The number of benzene rings is 8. The standard InChI is InChI=1S/C51H33N3O/c1-4-15-34(16-5-1)42-25-10-11-26-43(42)39-22-12-21-37(31-39)38-29-30-46-45(33-38)48-44(27-14-28-47(48)55-46)40-23-13-24-41(32-40)51-53-49(35-17-6-2-7-18-35)52-50(54-51)36-19-8-3-9-20-36/h1-33H. The summed E-state index contributed by atoms with van der Waals surface area (Å²) in [5, 5.41) is 2.15. The molecule has 0 atom stereocenters. The van der Waals surface area contributed by atoms with E-state index < -0.39 is 0 Å². The number of fused-ring (bicyclic) bond motifs is 3. The van der Waals surface area contributed by atoms with Gasteiger partial charge in [-0.15, -0.1) is 0 Å². The summed E-state index contributed by atoms with van der Waals surface area (Å²) in [6, 6.07) is 69.4. The molecule has 0 N–H and O–H groups in total. The quantitative estimate of drug-likeness (QED) is 0.166. The second kappa shape index (κ2) is 13.8. The Kier molecular flexibility index (Phi) is 8.12. The first-order valence-corrected chi connectivity index (χ1v) is 18.4. The van der Waals surface area contributed by atoms with Gasteiger partial charge in [0, 0.05) is 27.5 Å². The van der Waals surface area contributed by atoms with Crippen LogP contribution in [0.3, 0.4) is 0 Å². The molecule has 258 valence electrons. The van der Waals surface area contributed by atoms with Crippen LogP contribution in [-0.2, 0) is 0 Å². The highest BCUT2D eigenvalue weighted by atomic mass is 16.3. The van der Waals surface area contributed by atoms with E-state index in [9.17, 15) is 0 Å². The largest absolute Gasteiger partial charge is 0.456 e. The summed E-state index contributed by atoms with van der Waals surface area (Å²) in [6.45, 7) is 0. The van der Waals surface area contributed by atoms with Crippen molar-refractivity contribution < 1.29 is 4.42 Å². The number of aromatic nitrogens is 3. The third-order valence-corrected chi connectivity index (χ3v) is 10.1. The molecule has 0 fully saturated rings. The van der Waals surface area contributed by atoms with Crippen molar-refractivity contribution in [1.29, 1.82) is 0 Å². The van der Waals surface area contributed by atoms with Gasteiger partial charge < -0.3 is 4.42 Å². The maximum absolute atomic E-state index is 6.47. The predicted molar refractivity (Wildman–Crippen MR) is 225 cm³/mol. The zero-order valence-electron chi connectivity index (χ0n) is 29.8. The maximum Gasteiger partial charge on any atom is 0.164 e. The molecule has 4 nitrogen and oxygen atoms in total. The van der Waals surface area contributed by atoms with Gasteiger partial charge in [-0.05, 0) is 74.8 Å². The first kappa shape index (κ1) is 32.2. The van der Waals surface area contributed by atoms with E-state index in [0.29, 0.717) is 17.5 Å². The Morgan fingerprint density at radius 1 is 0.273 bits per heavy atom. The third-order valence-electron chi connectivity index (χ3n) is 10.1. The van der Waals surface area contributed by atoms with Crippen LogP contribution < -0.4 is 0 Å². The van der Waals surface area contributed by atoms with E-state index in [0.717, 1.165) is 60.9 Å². The average Bonchev–Trinajstić information content (AvgIpc) is 3.66. The van der Waals surface area contributed by atoms with Crippen LogP contribution in [0.1, 0.15) is 0 Å². The summed E-state index contributed by atoms with van der Waals surface area (Å²) >= 11 is 0. The highest BCUT2D eigenvalue weighted by Crippen LogP contribution is 2.40. The molecule has 2 aromatic heterocycles. The Bertz CT molecular complexity index is 2910. The van der Waals surface area contributed by atoms with Gasteiger partial charge in [0.25, 0.3) is 0 Å². The Morgan fingerprint density at radius 2 is 0.709 bits per heavy atom. The molecule has 10 rings (SSSR count). The molecule has 2 heterocycles.